The van der Waals surface area contributed by atoms with Gasteiger partial charge >= 0.3 is 0 Å². The van der Waals surface area contributed by atoms with E-state index in [0.717, 1.165) is 11.4 Å². The van der Waals surface area contributed by atoms with Crippen molar-refractivity contribution in [2.24, 2.45) is 0 Å². The summed E-state index contributed by atoms with van der Waals surface area (Å²) in [5.74, 6) is 0.0746. The van der Waals surface area contributed by atoms with Crippen LogP contribution in [0.15, 0.2) is 60.7 Å². The first-order chi connectivity index (χ1) is 12.0. The molecule has 0 radical (unpaired) electrons. The van der Waals surface area contributed by atoms with Crippen LogP contribution in [0.3, 0.4) is 0 Å². The number of anilines is 2. The Labute approximate surface area is 148 Å². The SMILES string of the molecule is CN(CC(=O)N(c1ccccc1)C1CCS(=O)(=O)C1)c1ccccc1. The van der Waals surface area contributed by atoms with Gasteiger partial charge in [0.1, 0.15) is 0 Å². The van der Waals surface area contributed by atoms with Crippen molar-refractivity contribution >= 4 is 27.1 Å². The Hall–Kier alpha value is -2.34. The fraction of sp³-hybridized carbons (Fsp3) is 0.316. The van der Waals surface area contributed by atoms with Gasteiger partial charge in [-0.3, -0.25) is 4.79 Å². The standard InChI is InChI=1S/C19H22N2O3S/c1-20(16-8-4-2-5-9-16)14-19(22)21(17-10-6-3-7-11-17)18-12-13-25(23,24)15-18/h2-11,18H,12-15H2,1H3. The van der Waals surface area contributed by atoms with Crippen LogP contribution in [-0.2, 0) is 14.6 Å². The number of benzene rings is 2. The van der Waals surface area contributed by atoms with Gasteiger partial charge in [0.15, 0.2) is 9.84 Å². The van der Waals surface area contributed by atoms with Crippen LogP contribution in [0, 0.1) is 0 Å². The molecule has 2 aromatic rings. The Morgan fingerprint density at radius 1 is 1.00 bits per heavy atom. The van der Waals surface area contributed by atoms with E-state index in [0.29, 0.717) is 6.42 Å². The highest BCUT2D eigenvalue weighted by Gasteiger charge is 2.35. The van der Waals surface area contributed by atoms with Crippen LogP contribution in [-0.4, -0.2) is 45.5 Å². The molecular formula is C19H22N2O3S. The highest BCUT2D eigenvalue weighted by atomic mass is 32.2. The van der Waals surface area contributed by atoms with E-state index in [-0.39, 0.29) is 30.0 Å². The lowest BCUT2D eigenvalue weighted by atomic mass is 10.1. The number of sulfone groups is 1. The van der Waals surface area contributed by atoms with Gasteiger partial charge in [0, 0.05) is 18.4 Å². The lowest BCUT2D eigenvalue weighted by molar-refractivity contribution is -0.117. The molecule has 132 valence electrons. The van der Waals surface area contributed by atoms with Crippen molar-refractivity contribution in [2.45, 2.75) is 12.5 Å². The summed E-state index contributed by atoms with van der Waals surface area (Å²) >= 11 is 0. The first kappa shape index (κ1) is 17.5. The van der Waals surface area contributed by atoms with Gasteiger partial charge in [-0.25, -0.2) is 8.42 Å². The number of para-hydroxylation sites is 2. The van der Waals surface area contributed by atoms with Crippen LogP contribution in [0.2, 0.25) is 0 Å². The van der Waals surface area contributed by atoms with Gasteiger partial charge in [-0.05, 0) is 30.7 Å². The van der Waals surface area contributed by atoms with Crippen LogP contribution in [0.25, 0.3) is 0 Å². The van der Waals surface area contributed by atoms with Crippen LogP contribution in [0.1, 0.15) is 6.42 Å². The molecule has 0 spiro atoms. The van der Waals surface area contributed by atoms with Gasteiger partial charge < -0.3 is 9.80 Å². The normalized spacial score (nSPS) is 18.7. The monoisotopic (exact) mass is 358 g/mol. The summed E-state index contributed by atoms with van der Waals surface area (Å²) in [5, 5.41) is 0. The molecular weight excluding hydrogens is 336 g/mol. The predicted molar refractivity (Wildman–Crippen MR) is 101 cm³/mol. The number of hydrogen-bond acceptors (Lipinski definition) is 4. The quantitative estimate of drug-likeness (QED) is 0.823. The van der Waals surface area contributed by atoms with Crippen LogP contribution >= 0.6 is 0 Å². The molecule has 1 unspecified atom stereocenters. The second-order valence-electron chi connectivity index (χ2n) is 6.35. The van der Waals surface area contributed by atoms with Crippen LogP contribution in [0.4, 0.5) is 11.4 Å². The molecule has 1 atom stereocenters. The topological polar surface area (TPSA) is 57.7 Å². The predicted octanol–water partition coefficient (Wildman–Crippen LogP) is 2.34. The van der Waals surface area contributed by atoms with E-state index in [4.69, 9.17) is 0 Å². The number of carbonyl (C=O) groups is 1. The second-order valence-corrected chi connectivity index (χ2v) is 8.58. The van der Waals surface area contributed by atoms with Crippen molar-refractivity contribution in [3.8, 4) is 0 Å². The van der Waals surface area contributed by atoms with Gasteiger partial charge in [-0.2, -0.15) is 0 Å². The van der Waals surface area contributed by atoms with Crippen molar-refractivity contribution in [3.63, 3.8) is 0 Å². The van der Waals surface area contributed by atoms with Crippen molar-refractivity contribution in [2.75, 3.05) is 34.9 Å². The summed E-state index contributed by atoms with van der Waals surface area (Å²) in [6.45, 7) is 0.190. The average molecular weight is 358 g/mol. The molecule has 0 bridgehead atoms. The summed E-state index contributed by atoms with van der Waals surface area (Å²) in [4.78, 5) is 16.5. The fourth-order valence-electron chi connectivity index (χ4n) is 3.18. The van der Waals surface area contributed by atoms with E-state index in [1.54, 1.807) is 4.90 Å². The first-order valence-electron chi connectivity index (χ1n) is 8.30. The lowest BCUT2D eigenvalue weighted by Crippen LogP contribution is -2.46. The third-order valence-corrected chi connectivity index (χ3v) is 6.20. The largest absolute Gasteiger partial charge is 0.365 e. The molecule has 2 aromatic carbocycles. The molecule has 25 heavy (non-hydrogen) atoms. The number of likely N-dealkylation sites (N-methyl/N-ethyl adjacent to an activating group) is 1. The first-order valence-corrected chi connectivity index (χ1v) is 10.1. The maximum absolute atomic E-state index is 13.0. The summed E-state index contributed by atoms with van der Waals surface area (Å²) < 4.78 is 23.8. The van der Waals surface area contributed by atoms with E-state index in [2.05, 4.69) is 0 Å². The zero-order valence-electron chi connectivity index (χ0n) is 14.2. The summed E-state index contributed by atoms with van der Waals surface area (Å²) in [6.07, 6.45) is 0.484. The van der Waals surface area contributed by atoms with Gasteiger partial charge in [0.05, 0.1) is 24.1 Å². The van der Waals surface area contributed by atoms with Crippen LogP contribution in [0.5, 0.6) is 0 Å². The van der Waals surface area contributed by atoms with E-state index < -0.39 is 9.84 Å². The molecule has 5 nitrogen and oxygen atoms in total. The number of nitrogens with zero attached hydrogens (tertiary/aromatic N) is 2. The lowest BCUT2D eigenvalue weighted by Gasteiger charge is -2.30. The third-order valence-electron chi connectivity index (χ3n) is 4.45. The Balaban J connectivity index is 1.83. The molecule has 6 heteroatoms. The van der Waals surface area contributed by atoms with E-state index in [1.165, 1.54) is 0 Å². The smallest absolute Gasteiger partial charge is 0.246 e. The molecule has 1 heterocycles. The molecule has 1 saturated heterocycles. The average Bonchev–Trinajstić information content (AvgIpc) is 2.96. The van der Waals surface area contributed by atoms with Crippen LogP contribution < -0.4 is 9.80 Å². The van der Waals surface area contributed by atoms with Gasteiger partial charge in [-0.1, -0.05) is 36.4 Å². The second kappa shape index (κ2) is 7.27. The van der Waals surface area contributed by atoms with Crippen molar-refractivity contribution < 1.29 is 13.2 Å². The Bertz CT molecular complexity index is 822. The molecule has 3 rings (SSSR count). The number of carbonyl (C=O) groups excluding carboxylic acids is 1. The molecule has 1 aliphatic heterocycles. The Morgan fingerprint density at radius 3 is 2.08 bits per heavy atom. The van der Waals surface area contributed by atoms with Gasteiger partial charge in [0.2, 0.25) is 5.91 Å². The summed E-state index contributed by atoms with van der Waals surface area (Å²) in [6, 6.07) is 18.7. The Morgan fingerprint density at radius 2 is 1.56 bits per heavy atom. The van der Waals surface area contributed by atoms with Crippen molar-refractivity contribution in [1.29, 1.82) is 0 Å². The van der Waals surface area contributed by atoms with Gasteiger partial charge in [0.25, 0.3) is 0 Å². The molecule has 1 aliphatic rings. The zero-order chi connectivity index (χ0) is 17.9. The minimum absolute atomic E-state index is 0.0304. The Kier molecular flexibility index (Phi) is 5.08. The highest BCUT2D eigenvalue weighted by Crippen LogP contribution is 2.25. The minimum atomic E-state index is -3.07. The van der Waals surface area contributed by atoms with E-state index in [9.17, 15) is 13.2 Å². The molecule has 0 aliphatic carbocycles. The van der Waals surface area contributed by atoms with Crippen molar-refractivity contribution in [1.82, 2.24) is 0 Å². The fourth-order valence-corrected chi connectivity index (χ4v) is 4.88. The van der Waals surface area contributed by atoms with Crippen molar-refractivity contribution in [3.05, 3.63) is 60.7 Å². The maximum Gasteiger partial charge on any atom is 0.246 e. The summed E-state index contributed by atoms with van der Waals surface area (Å²) in [5.41, 5.74) is 1.69. The molecule has 1 fully saturated rings. The van der Waals surface area contributed by atoms with E-state index >= 15 is 0 Å². The third kappa shape index (κ3) is 4.20. The summed E-state index contributed by atoms with van der Waals surface area (Å²) in [7, 11) is -1.21. The molecule has 0 aromatic heterocycles. The molecule has 0 saturated carbocycles. The zero-order valence-corrected chi connectivity index (χ0v) is 15.0. The number of rotatable bonds is 5. The highest BCUT2D eigenvalue weighted by molar-refractivity contribution is 7.91. The molecule has 0 N–H and O–H groups in total. The molecule has 1 amide bonds. The number of hydrogen-bond donors (Lipinski definition) is 0. The maximum atomic E-state index is 13.0. The minimum Gasteiger partial charge on any atom is -0.365 e. The van der Waals surface area contributed by atoms with Gasteiger partial charge in [-0.15, -0.1) is 0 Å². The number of amides is 1. The van der Waals surface area contributed by atoms with E-state index in [1.807, 2.05) is 72.6 Å².